The Bertz CT molecular complexity index is 632. The van der Waals surface area contributed by atoms with Crippen molar-refractivity contribution < 1.29 is 14.3 Å². The summed E-state index contributed by atoms with van der Waals surface area (Å²) in [7, 11) is 0. The summed E-state index contributed by atoms with van der Waals surface area (Å²) in [5, 5.41) is 13.7. The minimum Gasteiger partial charge on any atom is -0.451 e. The first-order valence-electron chi connectivity index (χ1n) is 7.12. The maximum atomic E-state index is 12.2. The second-order valence-electron chi connectivity index (χ2n) is 5.58. The van der Waals surface area contributed by atoms with Crippen molar-refractivity contribution in [1.82, 2.24) is 5.32 Å². The van der Waals surface area contributed by atoms with Crippen LogP contribution in [0.3, 0.4) is 0 Å². The maximum absolute atomic E-state index is 12.2. The fourth-order valence-electron chi connectivity index (χ4n) is 2.79. The highest BCUT2D eigenvalue weighted by Gasteiger charge is 2.25. The summed E-state index contributed by atoms with van der Waals surface area (Å²) in [5.41, 5.74) is 1.85. The Morgan fingerprint density at radius 1 is 1.30 bits per heavy atom. The third-order valence-electron chi connectivity index (χ3n) is 3.94. The monoisotopic (exact) mass is 273 g/mol. The van der Waals surface area contributed by atoms with E-state index in [1.54, 1.807) is 6.07 Å². The van der Waals surface area contributed by atoms with E-state index in [2.05, 4.69) is 5.32 Å². The highest BCUT2D eigenvalue weighted by atomic mass is 16.3. The second kappa shape index (κ2) is 5.29. The predicted octanol–water partition coefficient (Wildman–Crippen LogP) is 2.77. The maximum Gasteiger partial charge on any atom is 0.287 e. The van der Waals surface area contributed by atoms with Crippen molar-refractivity contribution in [3.63, 3.8) is 0 Å². The number of carbonyl (C=O) groups is 1. The van der Waals surface area contributed by atoms with E-state index < -0.39 is 6.10 Å². The zero-order valence-electron chi connectivity index (χ0n) is 11.6. The lowest BCUT2D eigenvalue weighted by atomic mass is 9.92. The molecule has 1 aromatic carbocycles. The molecule has 3 rings (SSSR count). The summed E-state index contributed by atoms with van der Waals surface area (Å²) in [6.07, 6.45) is 3.20. The zero-order valence-corrected chi connectivity index (χ0v) is 11.6. The lowest BCUT2D eigenvalue weighted by Gasteiger charge is -2.27. The molecule has 1 aromatic heterocycles. The Balaban J connectivity index is 1.78. The molecule has 0 saturated heterocycles. The van der Waals surface area contributed by atoms with Crippen molar-refractivity contribution in [1.29, 1.82) is 0 Å². The van der Waals surface area contributed by atoms with Gasteiger partial charge in [0.05, 0.1) is 12.1 Å². The number of furan rings is 1. The molecule has 1 heterocycles. The van der Waals surface area contributed by atoms with Crippen molar-refractivity contribution in [2.45, 2.75) is 44.8 Å². The number of aliphatic hydroxyl groups is 1. The topological polar surface area (TPSA) is 62.5 Å². The molecule has 2 atom stereocenters. The van der Waals surface area contributed by atoms with Gasteiger partial charge in [-0.15, -0.1) is 0 Å². The number of aliphatic hydroxyl groups excluding tert-OH is 1. The van der Waals surface area contributed by atoms with Crippen LogP contribution in [0.5, 0.6) is 0 Å². The number of rotatable bonds is 2. The lowest BCUT2D eigenvalue weighted by molar-refractivity contribution is 0.0699. The molecule has 1 fully saturated rings. The minimum atomic E-state index is -0.445. The number of benzene rings is 1. The van der Waals surface area contributed by atoms with Gasteiger partial charge in [0.2, 0.25) is 0 Å². The quantitative estimate of drug-likeness (QED) is 0.884. The number of fused-ring (bicyclic) bond motifs is 1. The van der Waals surface area contributed by atoms with Crippen molar-refractivity contribution in [3.05, 3.63) is 35.6 Å². The zero-order chi connectivity index (χ0) is 14.1. The molecule has 0 radical (unpaired) electrons. The van der Waals surface area contributed by atoms with Crippen molar-refractivity contribution in [2.24, 2.45) is 0 Å². The number of carbonyl (C=O) groups excluding carboxylic acids is 1. The van der Waals surface area contributed by atoms with E-state index in [9.17, 15) is 9.90 Å². The Labute approximate surface area is 117 Å². The van der Waals surface area contributed by atoms with Gasteiger partial charge in [0.15, 0.2) is 5.76 Å². The number of aryl methyl sites for hydroxylation is 1. The predicted molar refractivity (Wildman–Crippen MR) is 76.7 cm³/mol. The second-order valence-corrected chi connectivity index (χ2v) is 5.58. The number of amides is 1. The fourth-order valence-corrected chi connectivity index (χ4v) is 2.79. The third kappa shape index (κ3) is 2.56. The normalized spacial score (nSPS) is 22.9. The molecular weight excluding hydrogens is 254 g/mol. The van der Waals surface area contributed by atoms with E-state index in [1.807, 2.05) is 25.1 Å². The van der Waals surface area contributed by atoms with E-state index in [0.717, 1.165) is 36.6 Å². The van der Waals surface area contributed by atoms with Crippen LogP contribution in [-0.4, -0.2) is 23.2 Å². The summed E-state index contributed by atoms with van der Waals surface area (Å²) in [6, 6.07) is 7.42. The minimum absolute atomic E-state index is 0.161. The van der Waals surface area contributed by atoms with Gasteiger partial charge < -0.3 is 14.8 Å². The first-order chi connectivity index (χ1) is 9.63. The number of hydrogen-bond donors (Lipinski definition) is 2. The van der Waals surface area contributed by atoms with Crippen molar-refractivity contribution >= 4 is 16.9 Å². The van der Waals surface area contributed by atoms with E-state index in [4.69, 9.17) is 4.42 Å². The van der Waals surface area contributed by atoms with Gasteiger partial charge in [-0.05, 0) is 38.0 Å². The van der Waals surface area contributed by atoms with Crippen LogP contribution in [0.1, 0.15) is 41.8 Å². The van der Waals surface area contributed by atoms with Crippen LogP contribution in [0, 0.1) is 6.92 Å². The highest BCUT2D eigenvalue weighted by Crippen LogP contribution is 2.22. The van der Waals surface area contributed by atoms with Crippen LogP contribution in [0.15, 0.2) is 28.7 Å². The van der Waals surface area contributed by atoms with Crippen LogP contribution in [0.25, 0.3) is 11.0 Å². The Morgan fingerprint density at radius 2 is 2.10 bits per heavy atom. The summed E-state index contributed by atoms with van der Waals surface area (Å²) < 4.78 is 5.57. The van der Waals surface area contributed by atoms with Gasteiger partial charge in [-0.2, -0.15) is 0 Å². The lowest BCUT2D eigenvalue weighted by Crippen LogP contribution is -2.44. The van der Waals surface area contributed by atoms with Gasteiger partial charge in [0.25, 0.3) is 5.91 Å². The summed E-state index contributed by atoms with van der Waals surface area (Å²) in [4.78, 5) is 12.2. The van der Waals surface area contributed by atoms with Crippen molar-refractivity contribution in [3.8, 4) is 0 Å². The Kier molecular flexibility index (Phi) is 3.49. The van der Waals surface area contributed by atoms with Gasteiger partial charge in [-0.25, -0.2) is 0 Å². The first-order valence-corrected chi connectivity index (χ1v) is 7.12. The molecule has 1 aliphatic carbocycles. The van der Waals surface area contributed by atoms with Gasteiger partial charge >= 0.3 is 0 Å². The molecule has 0 aliphatic heterocycles. The molecule has 106 valence electrons. The molecule has 0 spiro atoms. The van der Waals surface area contributed by atoms with E-state index in [1.165, 1.54) is 0 Å². The largest absolute Gasteiger partial charge is 0.451 e. The van der Waals surface area contributed by atoms with E-state index >= 15 is 0 Å². The van der Waals surface area contributed by atoms with Crippen LogP contribution in [0.2, 0.25) is 0 Å². The fraction of sp³-hybridized carbons (Fsp3) is 0.438. The smallest absolute Gasteiger partial charge is 0.287 e. The molecule has 1 aliphatic rings. The summed E-state index contributed by atoms with van der Waals surface area (Å²) in [6.45, 7) is 2.00. The molecule has 0 bridgehead atoms. The Hall–Kier alpha value is -1.81. The molecular formula is C16H19NO3. The van der Waals surface area contributed by atoms with Gasteiger partial charge in [-0.1, -0.05) is 24.5 Å². The van der Waals surface area contributed by atoms with E-state index in [0.29, 0.717) is 11.3 Å². The van der Waals surface area contributed by atoms with Crippen LogP contribution in [-0.2, 0) is 0 Å². The molecule has 2 aromatic rings. The van der Waals surface area contributed by atoms with Crippen LogP contribution in [0.4, 0.5) is 0 Å². The summed E-state index contributed by atoms with van der Waals surface area (Å²) >= 11 is 0. The molecule has 2 N–H and O–H groups in total. The van der Waals surface area contributed by atoms with Crippen LogP contribution >= 0.6 is 0 Å². The average molecular weight is 273 g/mol. The first kappa shape index (κ1) is 13.2. The molecule has 20 heavy (non-hydrogen) atoms. The van der Waals surface area contributed by atoms with Gasteiger partial charge in [-0.3, -0.25) is 4.79 Å². The molecule has 0 unspecified atom stereocenters. The molecule has 1 amide bonds. The van der Waals surface area contributed by atoms with Gasteiger partial charge in [0, 0.05) is 5.39 Å². The third-order valence-corrected chi connectivity index (χ3v) is 3.94. The molecule has 4 nitrogen and oxygen atoms in total. The average Bonchev–Trinajstić information content (AvgIpc) is 2.84. The standard InChI is InChI=1S/C16H19NO3/c1-10-6-7-14-11(8-10)9-15(20-14)16(19)17-12-4-2-3-5-13(12)18/h6-9,12-13,18H,2-5H2,1H3,(H,17,19)/t12-,13-/m0/s1. The van der Waals surface area contributed by atoms with Crippen molar-refractivity contribution in [2.75, 3.05) is 0 Å². The van der Waals surface area contributed by atoms with E-state index in [-0.39, 0.29) is 11.9 Å². The summed E-state index contributed by atoms with van der Waals surface area (Å²) in [5.74, 6) is 0.0631. The highest BCUT2D eigenvalue weighted by molar-refractivity contribution is 5.96. The number of nitrogens with one attached hydrogen (secondary N) is 1. The molecule has 4 heteroatoms. The van der Waals surface area contributed by atoms with Crippen LogP contribution < -0.4 is 5.32 Å². The SMILES string of the molecule is Cc1ccc2oc(C(=O)N[C@H]3CCCC[C@@H]3O)cc2c1. The number of hydrogen-bond acceptors (Lipinski definition) is 3. The molecule has 1 saturated carbocycles. The van der Waals surface area contributed by atoms with Gasteiger partial charge in [0.1, 0.15) is 5.58 Å². The Morgan fingerprint density at radius 3 is 2.90 bits per heavy atom.